The minimum Gasteiger partial charge on any atom is -0.710 e. The molecule has 0 saturated heterocycles. The maximum atomic E-state index is 14.3. The molecule has 0 radical (unpaired) electrons. The monoisotopic (exact) mass is 481 g/mol. The van der Waals surface area contributed by atoms with Gasteiger partial charge in [0.15, 0.2) is 26.2 Å². The number of ether oxygens (including phenoxy) is 1. The van der Waals surface area contributed by atoms with E-state index in [2.05, 4.69) is 4.98 Å². The predicted molar refractivity (Wildman–Crippen MR) is 119 cm³/mol. The van der Waals surface area contributed by atoms with Gasteiger partial charge in [-0.15, -0.1) is 0 Å². The molecule has 2 heterocycles. The van der Waals surface area contributed by atoms with E-state index in [0.717, 1.165) is 12.1 Å². The molecule has 7 nitrogen and oxygen atoms in total. The van der Waals surface area contributed by atoms with Crippen molar-refractivity contribution < 1.29 is 26.7 Å². The van der Waals surface area contributed by atoms with Gasteiger partial charge in [0.1, 0.15) is 17.3 Å². The number of halogens is 2. The van der Waals surface area contributed by atoms with Crippen LogP contribution >= 0.6 is 0 Å². The van der Waals surface area contributed by atoms with Crippen LogP contribution in [0.2, 0.25) is 0 Å². The van der Waals surface area contributed by atoms with Crippen LogP contribution < -0.4 is 9.47 Å². The summed E-state index contributed by atoms with van der Waals surface area (Å²) in [5.74, 6) is -1.87. The highest BCUT2D eigenvalue weighted by Crippen LogP contribution is 2.48. The Bertz CT molecular complexity index is 1620. The zero-order chi connectivity index (χ0) is 24.3. The molecule has 0 bridgehead atoms. The molecule has 4 aromatic rings. The number of aromatic nitrogens is 2. The summed E-state index contributed by atoms with van der Waals surface area (Å²) in [5, 5.41) is 22.4. The summed E-state index contributed by atoms with van der Waals surface area (Å²) in [6.45, 7) is 1.59. The van der Waals surface area contributed by atoms with Crippen LogP contribution in [0.3, 0.4) is 0 Å². The number of hydrogen-bond acceptors (Lipinski definition) is 5. The lowest BCUT2D eigenvalue weighted by molar-refractivity contribution is -0.586. The molecule has 1 fully saturated rings. The quantitative estimate of drug-likeness (QED) is 0.329. The van der Waals surface area contributed by atoms with Gasteiger partial charge in [-0.25, -0.2) is 26.9 Å². The molecule has 34 heavy (non-hydrogen) atoms. The molecule has 0 atom stereocenters. The third-order valence-corrected chi connectivity index (χ3v) is 8.38. The first-order chi connectivity index (χ1) is 16.2. The van der Waals surface area contributed by atoms with Crippen molar-refractivity contribution in [2.45, 2.75) is 29.4 Å². The maximum absolute atomic E-state index is 14.3. The molecular weight excluding hydrogens is 464 g/mol. The molecule has 0 aliphatic heterocycles. The van der Waals surface area contributed by atoms with Gasteiger partial charge in [0, 0.05) is 17.2 Å². The van der Waals surface area contributed by atoms with Gasteiger partial charge in [-0.1, -0.05) is 0 Å². The largest absolute Gasteiger partial charge is 0.710 e. The molecule has 5 rings (SSSR count). The molecule has 1 N–H and O–H groups in total. The SMILES string of the molecule is Cc1cc(-c2cc(S(=O)(=O)C3(C#N)CC3)ccc2Oc2ccc(F)cc2F)c2cc[nH]c2[n+]1[O-]. The molecule has 0 spiro atoms. The zero-order valence-corrected chi connectivity index (χ0v) is 18.6. The van der Waals surface area contributed by atoms with Crippen LogP contribution in [0, 0.1) is 35.1 Å². The Kier molecular flexibility index (Phi) is 4.84. The fourth-order valence-corrected chi connectivity index (χ4v) is 5.65. The summed E-state index contributed by atoms with van der Waals surface area (Å²) >= 11 is 0. The van der Waals surface area contributed by atoms with Gasteiger partial charge < -0.3 is 9.94 Å². The first-order valence-corrected chi connectivity index (χ1v) is 11.8. The van der Waals surface area contributed by atoms with Crippen LogP contribution in [-0.2, 0) is 9.84 Å². The van der Waals surface area contributed by atoms with Crippen LogP contribution in [0.25, 0.3) is 22.2 Å². The van der Waals surface area contributed by atoms with E-state index in [0.29, 0.717) is 27.4 Å². The topological polar surface area (TPSA) is 110 Å². The third-order valence-electron chi connectivity index (χ3n) is 5.98. The minimum atomic E-state index is -3.98. The number of rotatable bonds is 5. The van der Waals surface area contributed by atoms with Crippen molar-refractivity contribution in [2.75, 3.05) is 0 Å². The number of nitrogens with one attached hydrogen (secondary N) is 1. The van der Waals surface area contributed by atoms with Gasteiger partial charge in [-0.2, -0.15) is 5.26 Å². The predicted octanol–water partition coefficient (Wildman–Crippen LogP) is 4.68. The molecule has 1 aliphatic carbocycles. The van der Waals surface area contributed by atoms with E-state index in [1.54, 1.807) is 25.3 Å². The number of aromatic amines is 1. The summed E-state index contributed by atoms with van der Waals surface area (Å²) in [7, 11) is -3.98. The van der Waals surface area contributed by atoms with E-state index < -0.39 is 26.2 Å². The number of hydrogen-bond donors (Lipinski definition) is 1. The van der Waals surface area contributed by atoms with Crippen molar-refractivity contribution in [3.63, 3.8) is 0 Å². The molecule has 1 saturated carbocycles. The summed E-state index contributed by atoms with van der Waals surface area (Å²) in [6.07, 6.45) is 2.05. The van der Waals surface area contributed by atoms with Crippen LogP contribution in [0.1, 0.15) is 18.5 Å². The standard InChI is InChI=1S/C24H17F2N3O4S/c1-14-10-18(17-6-9-28-23(17)29(14)30)19-12-16(34(31,32)24(13-27)7-8-24)3-5-21(19)33-22-4-2-15(25)11-20(22)26/h2-6,9-12,28H,7-8H2,1H3. The Labute approximate surface area is 193 Å². The second-order valence-corrected chi connectivity index (χ2v) is 10.4. The number of nitriles is 1. The minimum absolute atomic E-state index is 0.0892. The lowest BCUT2D eigenvalue weighted by Gasteiger charge is -2.17. The maximum Gasteiger partial charge on any atom is 0.290 e. The van der Waals surface area contributed by atoms with Gasteiger partial charge in [0.25, 0.3) is 5.65 Å². The number of benzene rings is 2. The second-order valence-electron chi connectivity index (χ2n) is 8.18. The van der Waals surface area contributed by atoms with Crippen molar-refractivity contribution >= 4 is 20.9 Å². The first-order valence-electron chi connectivity index (χ1n) is 10.3. The molecule has 10 heteroatoms. The molecule has 0 unspecified atom stereocenters. The van der Waals surface area contributed by atoms with Crippen molar-refractivity contribution in [1.29, 1.82) is 5.26 Å². The molecule has 0 amide bonds. The van der Waals surface area contributed by atoms with E-state index in [9.17, 15) is 27.7 Å². The molecule has 2 aromatic heterocycles. The number of H-pyrrole nitrogens is 1. The molecule has 2 aromatic carbocycles. The van der Waals surface area contributed by atoms with Crippen LogP contribution in [-0.4, -0.2) is 18.1 Å². The van der Waals surface area contributed by atoms with E-state index in [1.165, 1.54) is 18.2 Å². The Morgan fingerprint density at radius 1 is 1.09 bits per heavy atom. The average Bonchev–Trinajstić information content (AvgIpc) is 3.48. The van der Waals surface area contributed by atoms with Crippen LogP contribution in [0.4, 0.5) is 8.78 Å². The van der Waals surface area contributed by atoms with Gasteiger partial charge in [-0.3, -0.25) is 0 Å². The highest BCUT2D eigenvalue weighted by Gasteiger charge is 2.56. The van der Waals surface area contributed by atoms with E-state index >= 15 is 0 Å². The third kappa shape index (κ3) is 3.28. The smallest absolute Gasteiger partial charge is 0.290 e. The lowest BCUT2D eigenvalue weighted by atomic mass is 10.0. The highest BCUT2D eigenvalue weighted by atomic mass is 32.2. The summed E-state index contributed by atoms with van der Waals surface area (Å²) in [4.78, 5) is 2.77. The Morgan fingerprint density at radius 3 is 2.50 bits per heavy atom. The van der Waals surface area contributed by atoms with Crippen molar-refractivity contribution in [2.24, 2.45) is 0 Å². The summed E-state index contributed by atoms with van der Waals surface area (Å²) in [5.41, 5.74) is 1.31. The zero-order valence-electron chi connectivity index (χ0n) is 17.8. The Morgan fingerprint density at radius 2 is 1.82 bits per heavy atom. The number of aryl methyl sites for hydroxylation is 1. The summed E-state index contributed by atoms with van der Waals surface area (Å²) < 4.78 is 59.1. The van der Waals surface area contributed by atoms with E-state index in [4.69, 9.17) is 4.74 Å². The molecule has 172 valence electrons. The molecule has 1 aliphatic rings. The first kappa shape index (κ1) is 21.9. The van der Waals surface area contributed by atoms with Gasteiger partial charge in [0.05, 0.1) is 22.5 Å². The van der Waals surface area contributed by atoms with Crippen molar-refractivity contribution in [3.05, 3.63) is 77.3 Å². The van der Waals surface area contributed by atoms with Gasteiger partial charge in [-0.05, 0) is 62.2 Å². The Hall–Kier alpha value is -3.97. The number of nitrogens with zero attached hydrogens (tertiary/aromatic N) is 2. The van der Waals surface area contributed by atoms with Gasteiger partial charge in [0.2, 0.25) is 0 Å². The fraction of sp³-hybridized carbons (Fsp3) is 0.167. The van der Waals surface area contributed by atoms with Crippen LogP contribution in [0.15, 0.2) is 59.6 Å². The van der Waals surface area contributed by atoms with E-state index in [-0.39, 0.29) is 40.4 Å². The van der Waals surface area contributed by atoms with Crippen molar-refractivity contribution in [3.8, 4) is 28.7 Å². The lowest BCUT2D eigenvalue weighted by Crippen LogP contribution is -2.31. The van der Waals surface area contributed by atoms with Gasteiger partial charge >= 0.3 is 0 Å². The normalized spacial score (nSPS) is 14.6. The highest BCUT2D eigenvalue weighted by molar-refractivity contribution is 7.93. The molecular formula is C24H17F2N3O4S. The number of pyridine rings is 1. The van der Waals surface area contributed by atoms with Crippen LogP contribution in [0.5, 0.6) is 11.5 Å². The average molecular weight is 481 g/mol. The number of sulfone groups is 1. The summed E-state index contributed by atoms with van der Waals surface area (Å²) in [6, 6.07) is 12.0. The number of fused-ring (bicyclic) bond motifs is 1. The second kappa shape index (κ2) is 7.53. The fourth-order valence-electron chi connectivity index (χ4n) is 3.92. The Balaban J connectivity index is 1.75. The van der Waals surface area contributed by atoms with E-state index in [1.807, 2.05) is 6.07 Å². The van der Waals surface area contributed by atoms with Crippen molar-refractivity contribution in [1.82, 2.24) is 4.98 Å².